The fraction of sp³-hybridized carbons (Fsp3) is 0.462. The molecular weight excluding hydrogens is 256 g/mol. The van der Waals surface area contributed by atoms with Gasteiger partial charge in [-0.2, -0.15) is 0 Å². The van der Waals surface area contributed by atoms with Gasteiger partial charge in [-0.1, -0.05) is 17.7 Å². The summed E-state index contributed by atoms with van der Waals surface area (Å²) in [6, 6.07) is 3.48. The van der Waals surface area contributed by atoms with Crippen molar-refractivity contribution in [2.24, 2.45) is 0 Å². The third kappa shape index (κ3) is 2.36. The number of fused-ring (bicyclic) bond motifs is 1. The van der Waals surface area contributed by atoms with Crippen LogP contribution in [0.3, 0.4) is 0 Å². The third-order valence-electron chi connectivity index (χ3n) is 3.10. The minimum absolute atomic E-state index is 0.234. The summed E-state index contributed by atoms with van der Waals surface area (Å²) < 4.78 is 5.42. The molecule has 0 radical (unpaired) electrons. The van der Waals surface area contributed by atoms with E-state index in [0.29, 0.717) is 17.0 Å². The van der Waals surface area contributed by atoms with Crippen LogP contribution in [0.15, 0.2) is 12.1 Å². The first-order valence-electron chi connectivity index (χ1n) is 5.73. The zero-order valence-electron chi connectivity index (χ0n) is 10.2. The lowest BCUT2D eigenvalue weighted by molar-refractivity contribution is -0.247. The van der Waals surface area contributed by atoms with Crippen molar-refractivity contribution in [1.29, 1.82) is 0 Å². The summed E-state index contributed by atoms with van der Waals surface area (Å²) in [7, 11) is 0. The molecule has 0 aromatic heterocycles. The maximum absolute atomic E-state index is 10.9. The minimum atomic E-state index is -1.80. The first kappa shape index (κ1) is 13.3. The van der Waals surface area contributed by atoms with E-state index < -0.39 is 18.2 Å². The molecule has 98 valence electrons. The predicted octanol–water partition coefficient (Wildman–Crippen LogP) is 2.23. The van der Waals surface area contributed by atoms with E-state index in [1.807, 2.05) is 13.0 Å². The number of benzene rings is 1. The second-order valence-electron chi connectivity index (χ2n) is 4.75. The van der Waals surface area contributed by atoms with Crippen molar-refractivity contribution in [2.45, 2.75) is 38.6 Å². The predicted molar refractivity (Wildman–Crippen MR) is 66.6 cm³/mol. The third-order valence-corrected chi connectivity index (χ3v) is 3.51. The molecule has 1 aromatic carbocycles. The van der Waals surface area contributed by atoms with Gasteiger partial charge in [0.25, 0.3) is 0 Å². The molecule has 4 nitrogen and oxygen atoms in total. The highest BCUT2D eigenvalue weighted by molar-refractivity contribution is 6.31. The molecule has 2 N–H and O–H groups in total. The standard InChI is InChI=1S/C13H15ClO4/c1-7-3-9-4-8(2)18-13(17,6-12(15)16)10(9)5-11(7)14/h3,5,8,17H,4,6H2,1-2H3,(H,15,16). The monoisotopic (exact) mass is 270 g/mol. The lowest BCUT2D eigenvalue weighted by Crippen LogP contribution is -2.41. The number of carboxylic acid groups (broad SMARTS) is 1. The molecule has 1 heterocycles. The van der Waals surface area contributed by atoms with E-state index in [-0.39, 0.29) is 6.10 Å². The van der Waals surface area contributed by atoms with Crippen LogP contribution in [-0.4, -0.2) is 22.3 Å². The molecule has 1 aliphatic heterocycles. The Morgan fingerprint density at radius 1 is 1.61 bits per heavy atom. The van der Waals surface area contributed by atoms with Gasteiger partial charge in [0, 0.05) is 10.6 Å². The van der Waals surface area contributed by atoms with Gasteiger partial charge < -0.3 is 14.9 Å². The smallest absolute Gasteiger partial charge is 0.309 e. The average Bonchev–Trinajstić information content (AvgIpc) is 2.19. The van der Waals surface area contributed by atoms with Crippen LogP contribution < -0.4 is 0 Å². The van der Waals surface area contributed by atoms with Crippen molar-refractivity contribution >= 4 is 17.6 Å². The Balaban J connectivity index is 2.53. The van der Waals surface area contributed by atoms with Gasteiger partial charge in [0.2, 0.25) is 5.79 Å². The highest BCUT2D eigenvalue weighted by atomic mass is 35.5. The van der Waals surface area contributed by atoms with Gasteiger partial charge in [-0.25, -0.2) is 0 Å². The van der Waals surface area contributed by atoms with Crippen LogP contribution >= 0.6 is 11.6 Å². The second-order valence-corrected chi connectivity index (χ2v) is 5.15. The highest BCUT2D eigenvalue weighted by Gasteiger charge is 2.40. The van der Waals surface area contributed by atoms with Gasteiger partial charge in [0.15, 0.2) is 0 Å². The fourth-order valence-corrected chi connectivity index (χ4v) is 2.53. The molecule has 0 saturated heterocycles. The van der Waals surface area contributed by atoms with E-state index in [4.69, 9.17) is 21.4 Å². The van der Waals surface area contributed by atoms with Crippen LogP contribution in [0.1, 0.15) is 30.0 Å². The number of aliphatic hydroxyl groups is 1. The number of carboxylic acids is 1. The van der Waals surface area contributed by atoms with Crippen molar-refractivity contribution < 1.29 is 19.7 Å². The van der Waals surface area contributed by atoms with Crippen molar-refractivity contribution in [3.05, 3.63) is 33.8 Å². The maximum Gasteiger partial charge on any atom is 0.309 e. The number of rotatable bonds is 2. The average molecular weight is 271 g/mol. The van der Waals surface area contributed by atoms with E-state index in [1.54, 1.807) is 13.0 Å². The SMILES string of the molecule is Cc1cc2c(cc1Cl)C(O)(CC(=O)O)OC(C)C2. The van der Waals surface area contributed by atoms with E-state index in [1.165, 1.54) is 0 Å². The number of hydrogen-bond donors (Lipinski definition) is 2. The topological polar surface area (TPSA) is 66.8 Å². The zero-order chi connectivity index (χ0) is 13.5. The Kier molecular flexibility index (Phi) is 3.36. The summed E-state index contributed by atoms with van der Waals surface area (Å²) in [5.41, 5.74) is 2.25. The van der Waals surface area contributed by atoms with Crippen molar-refractivity contribution in [1.82, 2.24) is 0 Å². The molecule has 0 bridgehead atoms. The Bertz CT molecular complexity index is 500. The van der Waals surface area contributed by atoms with Crippen LogP contribution in [0.5, 0.6) is 0 Å². The van der Waals surface area contributed by atoms with Gasteiger partial charge in [0.05, 0.1) is 6.10 Å². The van der Waals surface area contributed by atoms with Crippen molar-refractivity contribution in [2.75, 3.05) is 0 Å². The van der Waals surface area contributed by atoms with Crippen LogP contribution in [0.4, 0.5) is 0 Å². The van der Waals surface area contributed by atoms with Crippen molar-refractivity contribution in [3.8, 4) is 0 Å². The molecule has 2 unspecified atom stereocenters. The van der Waals surface area contributed by atoms with E-state index >= 15 is 0 Å². The second kappa shape index (κ2) is 4.53. The molecule has 0 amide bonds. The van der Waals surface area contributed by atoms with Crippen LogP contribution in [0.2, 0.25) is 5.02 Å². The zero-order valence-corrected chi connectivity index (χ0v) is 11.0. The maximum atomic E-state index is 10.9. The molecule has 2 atom stereocenters. The van der Waals surface area contributed by atoms with E-state index in [9.17, 15) is 9.90 Å². The van der Waals surface area contributed by atoms with Crippen LogP contribution in [0.25, 0.3) is 0 Å². The van der Waals surface area contributed by atoms with Gasteiger partial charge in [-0.3, -0.25) is 4.79 Å². The normalized spacial score (nSPS) is 26.8. The Labute approximate surface area is 110 Å². The fourth-order valence-electron chi connectivity index (χ4n) is 2.36. The summed E-state index contributed by atoms with van der Waals surface area (Å²) >= 11 is 6.03. The highest BCUT2D eigenvalue weighted by Crippen LogP contribution is 2.38. The van der Waals surface area contributed by atoms with Gasteiger partial charge >= 0.3 is 5.97 Å². The van der Waals surface area contributed by atoms with E-state index in [2.05, 4.69) is 0 Å². The summed E-state index contributed by atoms with van der Waals surface area (Å²) in [4.78, 5) is 10.9. The quantitative estimate of drug-likeness (QED) is 0.865. The lowest BCUT2D eigenvalue weighted by Gasteiger charge is -2.37. The van der Waals surface area contributed by atoms with Gasteiger partial charge in [-0.15, -0.1) is 0 Å². The van der Waals surface area contributed by atoms with Crippen LogP contribution in [0, 0.1) is 6.92 Å². The van der Waals surface area contributed by atoms with E-state index in [0.717, 1.165) is 11.1 Å². The molecule has 0 aliphatic carbocycles. The van der Waals surface area contributed by atoms with Crippen molar-refractivity contribution in [3.63, 3.8) is 0 Å². The summed E-state index contributed by atoms with van der Waals surface area (Å²) in [5.74, 6) is -2.91. The number of halogens is 1. The molecule has 0 spiro atoms. The molecule has 0 saturated carbocycles. The molecule has 1 aromatic rings. The molecule has 1 aliphatic rings. The molecule has 5 heteroatoms. The Morgan fingerprint density at radius 2 is 2.28 bits per heavy atom. The Morgan fingerprint density at radius 3 is 2.89 bits per heavy atom. The summed E-state index contributed by atoms with van der Waals surface area (Å²) in [6.45, 7) is 3.68. The van der Waals surface area contributed by atoms with Gasteiger partial charge in [0.1, 0.15) is 6.42 Å². The summed E-state index contributed by atoms with van der Waals surface area (Å²) in [5, 5.41) is 19.8. The van der Waals surface area contributed by atoms with Crippen LogP contribution in [-0.2, 0) is 21.7 Å². The molecule has 0 fully saturated rings. The van der Waals surface area contributed by atoms with Gasteiger partial charge in [-0.05, 0) is 37.5 Å². The summed E-state index contributed by atoms with van der Waals surface area (Å²) in [6.07, 6.45) is -0.0960. The Hall–Kier alpha value is -1.10. The molecule has 2 rings (SSSR count). The minimum Gasteiger partial charge on any atom is -0.481 e. The number of hydrogen-bond acceptors (Lipinski definition) is 3. The molecular formula is C13H15ClO4. The number of carbonyl (C=O) groups is 1. The number of aliphatic carboxylic acids is 1. The number of aryl methyl sites for hydroxylation is 1. The number of ether oxygens (including phenoxy) is 1. The first-order chi connectivity index (χ1) is 8.32. The largest absolute Gasteiger partial charge is 0.481 e. The first-order valence-corrected chi connectivity index (χ1v) is 6.11. The molecule has 18 heavy (non-hydrogen) atoms. The lowest BCUT2D eigenvalue weighted by atomic mass is 9.89.